The Morgan fingerprint density at radius 1 is 1.29 bits per heavy atom. The number of amides is 2. The van der Waals surface area contributed by atoms with Gasteiger partial charge in [0.15, 0.2) is 0 Å². The van der Waals surface area contributed by atoms with Gasteiger partial charge in [0.1, 0.15) is 5.54 Å². The zero-order valence-electron chi connectivity index (χ0n) is 12.1. The Labute approximate surface area is 123 Å². The van der Waals surface area contributed by atoms with E-state index in [0.29, 0.717) is 25.9 Å². The van der Waals surface area contributed by atoms with Crippen LogP contribution in [0.15, 0.2) is 24.3 Å². The minimum atomic E-state index is -0.622. The molecule has 4 N–H and O–H groups in total. The molecule has 0 saturated carbocycles. The molecule has 2 aliphatic heterocycles. The molecule has 0 bridgehead atoms. The molecule has 6 nitrogen and oxygen atoms in total. The van der Waals surface area contributed by atoms with Crippen molar-refractivity contribution in [3.8, 4) is 0 Å². The van der Waals surface area contributed by atoms with Gasteiger partial charge in [0.05, 0.1) is 17.4 Å². The van der Waals surface area contributed by atoms with Gasteiger partial charge in [-0.25, -0.2) is 0 Å². The van der Waals surface area contributed by atoms with Crippen molar-refractivity contribution in [3.05, 3.63) is 24.3 Å². The highest BCUT2D eigenvalue weighted by Crippen LogP contribution is 2.36. The monoisotopic (exact) mass is 288 g/mol. The lowest BCUT2D eigenvalue weighted by Gasteiger charge is -2.44. The number of likely N-dealkylation sites (tertiary alicyclic amines) is 1. The van der Waals surface area contributed by atoms with E-state index < -0.39 is 11.6 Å². The number of benzene rings is 1. The largest absolute Gasteiger partial charge is 0.369 e. The van der Waals surface area contributed by atoms with Crippen LogP contribution >= 0.6 is 0 Å². The minimum absolute atomic E-state index is 0.0194. The highest BCUT2D eigenvalue weighted by atomic mass is 16.2. The Morgan fingerprint density at radius 2 is 1.90 bits per heavy atom. The summed E-state index contributed by atoms with van der Waals surface area (Å²) < 4.78 is 0. The van der Waals surface area contributed by atoms with Crippen LogP contribution in [0, 0.1) is 0 Å². The van der Waals surface area contributed by atoms with E-state index in [9.17, 15) is 9.59 Å². The number of nitrogens with zero attached hydrogens (tertiary/aromatic N) is 1. The van der Waals surface area contributed by atoms with Crippen LogP contribution in [0.2, 0.25) is 0 Å². The first-order valence-corrected chi connectivity index (χ1v) is 7.25. The topological polar surface area (TPSA) is 87.5 Å². The van der Waals surface area contributed by atoms with E-state index >= 15 is 0 Å². The number of rotatable bonds is 1. The molecule has 1 aromatic carbocycles. The van der Waals surface area contributed by atoms with E-state index in [1.165, 1.54) is 0 Å². The van der Waals surface area contributed by atoms with Crippen molar-refractivity contribution in [2.75, 3.05) is 23.7 Å². The minimum Gasteiger partial charge on any atom is -0.369 e. The predicted molar refractivity (Wildman–Crippen MR) is 80.9 cm³/mol. The molecule has 0 unspecified atom stereocenters. The number of hydrogen-bond acceptors (Lipinski definition) is 4. The molecule has 21 heavy (non-hydrogen) atoms. The van der Waals surface area contributed by atoms with Crippen LogP contribution in [0.25, 0.3) is 0 Å². The van der Waals surface area contributed by atoms with Gasteiger partial charge in [0.25, 0.3) is 0 Å². The summed E-state index contributed by atoms with van der Waals surface area (Å²) >= 11 is 0. The van der Waals surface area contributed by atoms with Gasteiger partial charge in [-0.3, -0.25) is 9.59 Å². The van der Waals surface area contributed by atoms with Crippen molar-refractivity contribution in [3.63, 3.8) is 0 Å². The number of nitrogens with two attached hydrogens (primary N) is 1. The Morgan fingerprint density at radius 3 is 2.52 bits per heavy atom. The molecule has 1 spiro atoms. The van der Waals surface area contributed by atoms with E-state index in [-0.39, 0.29) is 11.8 Å². The van der Waals surface area contributed by atoms with Crippen LogP contribution in [0.4, 0.5) is 11.4 Å². The van der Waals surface area contributed by atoms with Crippen LogP contribution in [-0.2, 0) is 9.59 Å². The van der Waals surface area contributed by atoms with Gasteiger partial charge in [-0.15, -0.1) is 0 Å². The molecule has 1 aromatic rings. The summed E-state index contributed by atoms with van der Waals surface area (Å²) in [4.78, 5) is 26.1. The first-order chi connectivity index (χ1) is 10.0. The number of piperidine rings is 1. The molecule has 0 aromatic heterocycles. The third-order valence-corrected chi connectivity index (χ3v) is 4.30. The molecule has 0 aliphatic carbocycles. The highest BCUT2D eigenvalue weighted by molar-refractivity contribution is 6.06. The molecular formula is C15H20N4O2. The summed E-state index contributed by atoms with van der Waals surface area (Å²) in [5.74, 6) is -0.0736. The summed E-state index contributed by atoms with van der Waals surface area (Å²) in [6, 6.07) is 7.17. The van der Waals surface area contributed by atoms with Gasteiger partial charge >= 0.3 is 0 Å². The number of fused-ring (bicyclic) bond motifs is 1. The number of nitrogens with one attached hydrogen (secondary N) is 2. The van der Waals surface area contributed by atoms with Crippen molar-refractivity contribution in [1.82, 2.24) is 4.90 Å². The lowest BCUT2D eigenvalue weighted by molar-refractivity contribution is -0.135. The van der Waals surface area contributed by atoms with E-state index in [1.807, 2.05) is 24.3 Å². The van der Waals surface area contributed by atoms with Crippen LogP contribution in [0.3, 0.4) is 0 Å². The van der Waals surface area contributed by atoms with Gasteiger partial charge in [-0.2, -0.15) is 0 Å². The molecule has 112 valence electrons. The summed E-state index contributed by atoms with van der Waals surface area (Å²) in [7, 11) is 0. The van der Waals surface area contributed by atoms with E-state index in [2.05, 4.69) is 10.6 Å². The lowest BCUT2D eigenvalue weighted by atomic mass is 9.84. The predicted octanol–water partition coefficient (Wildman–Crippen LogP) is 0.759. The van der Waals surface area contributed by atoms with E-state index in [4.69, 9.17) is 5.73 Å². The van der Waals surface area contributed by atoms with Crippen LogP contribution in [0.5, 0.6) is 0 Å². The fraction of sp³-hybridized carbons (Fsp3) is 0.467. The summed E-state index contributed by atoms with van der Waals surface area (Å²) in [5.41, 5.74) is 6.76. The van der Waals surface area contributed by atoms with Crippen LogP contribution < -0.4 is 16.4 Å². The third kappa shape index (κ3) is 2.35. The SMILES string of the molecule is C[C@@H](N)C(=O)N1CCC2(CC1)Nc1ccccc1NC2=O. The molecule has 1 fully saturated rings. The maximum atomic E-state index is 12.4. The van der Waals surface area contributed by atoms with Crippen LogP contribution in [-0.4, -0.2) is 41.4 Å². The quantitative estimate of drug-likeness (QED) is 0.712. The molecule has 0 radical (unpaired) electrons. The number of hydrogen-bond donors (Lipinski definition) is 3. The van der Waals surface area contributed by atoms with E-state index in [1.54, 1.807) is 11.8 Å². The average molecular weight is 288 g/mol. The van der Waals surface area contributed by atoms with Crippen LogP contribution in [0.1, 0.15) is 19.8 Å². The van der Waals surface area contributed by atoms with Crippen molar-refractivity contribution in [2.45, 2.75) is 31.3 Å². The molecule has 2 heterocycles. The Bertz CT molecular complexity index is 577. The second-order valence-corrected chi connectivity index (χ2v) is 5.82. The van der Waals surface area contributed by atoms with Crippen molar-refractivity contribution in [1.29, 1.82) is 0 Å². The maximum Gasteiger partial charge on any atom is 0.250 e. The average Bonchev–Trinajstić information content (AvgIpc) is 2.48. The van der Waals surface area contributed by atoms with Gasteiger partial charge in [-0.05, 0) is 31.9 Å². The lowest BCUT2D eigenvalue weighted by Crippen LogP contribution is -2.60. The normalized spacial score (nSPS) is 21.2. The first kappa shape index (κ1) is 13.9. The molecule has 3 rings (SSSR count). The van der Waals surface area contributed by atoms with Gasteiger partial charge in [0.2, 0.25) is 11.8 Å². The Balaban J connectivity index is 1.76. The molecule has 2 amide bonds. The molecule has 6 heteroatoms. The fourth-order valence-corrected chi connectivity index (χ4v) is 3.01. The standard InChI is InChI=1S/C15H20N4O2/c1-10(16)13(20)19-8-6-15(7-9-19)14(21)17-11-4-2-3-5-12(11)18-15/h2-5,10,18H,6-9,16H2,1H3,(H,17,21)/t10-/m1/s1. The number of anilines is 2. The van der Waals surface area contributed by atoms with Gasteiger partial charge in [-0.1, -0.05) is 12.1 Å². The number of para-hydroxylation sites is 2. The summed E-state index contributed by atoms with van der Waals surface area (Å²) in [6.45, 7) is 2.78. The number of carbonyl (C=O) groups is 2. The zero-order chi connectivity index (χ0) is 15.0. The second-order valence-electron chi connectivity index (χ2n) is 5.82. The Kier molecular flexibility index (Phi) is 3.33. The van der Waals surface area contributed by atoms with Crippen molar-refractivity contribution in [2.24, 2.45) is 5.73 Å². The fourth-order valence-electron chi connectivity index (χ4n) is 3.01. The highest BCUT2D eigenvalue weighted by Gasteiger charge is 2.45. The second kappa shape index (κ2) is 5.04. The zero-order valence-corrected chi connectivity index (χ0v) is 12.1. The smallest absolute Gasteiger partial charge is 0.250 e. The van der Waals surface area contributed by atoms with Gasteiger partial charge < -0.3 is 21.3 Å². The molecule has 1 atom stereocenters. The molecular weight excluding hydrogens is 268 g/mol. The van der Waals surface area contributed by atoms with Crippen molar-refractivity contribution >= 4 is 23.2 Å². The number of carbonyl (C=O) groups excluding carboxylic acids is 2. The Hall–Kier alpha value is -2.08. The summed E-state index contributed by atoms with van der Waals surface area (Å²) in [5, 5.41) is 6.33. The third-order valence-electron chi connectivity index (χ3n) is 4.30. The van der Waals surface area contributed by atoms with Gasteiger partial charge in [0, 0.05) is 13.1 Å². The van der Waals surface area contributed by atoms with E-state index in [0.717, 1.165) is 11.4 Å². The molecule has 1 saturated heterocycles. The van der Waals surface area contributed by atoms with Crippen molar-refractivity contribution < 1.29 is 9.59 Å². The maximum absolute atomic E-state index is 12.4. The molecule has 2 aliphatic rings. The summed E-state index contributed by atoms with van der Waals surface area (Å²) in [6.07, 6.45) is 1.18. The first-order valence-electron chi connectivity index (χ1n) is 7.25.